The van der Waals surface area contributed by atoms with Gasteiger partial charge in [-0.15, -0.1) is 0 Å². The summed E-state index contributed by atoms with van der Waals surface area (Å²) in [5.74, 6) is 2.84. The van der Waals surface area contributed by atoms with Gasteiger partial charge in [-0.05, 0) is 30.6 Å². The van der Waals surface area contributed by atoms with Crippen LogP contribution >= 0.6 is 15.9 Å². The SMILES string of the molecule is CC(C)C1CCCCC1CBr. The Morgan fingerprint density at radius 1 is 1.27 bits per heavy atom. The second-order valence-electron chi connectivity index (χ2n) is 4.11. The van der Waals surface area contributed by atoms with E-state index in [1.807, 2.05) is 0 Å². The highest BCUT2D eigenvalue weighted by Crippen LogP contribution is 2.35. The van der Waals surface area contributed by atoms with Gasteiger partial charge < -0.3 is 0 Å². The zero-order valence-electron chi connectivity index (χ0n) is 7.65. The van der Waals surface area contributed by atoms with Crippen molar-refractivity contribution in [3.05, 3.63) is 0 Å². The van der Waals surface area contributed by atoms with Crippen molar-refractivity contribution in [2.45, 2.75) is 39.5 Å². The quantitative estimate of drug-likeness (QED) is 0.619. The molecule has 0 aliphatic heterocycles. The number of rotatable bonds is 2. The average Bonchev–Trinajstić information content (AvgIpc) is 2.04. The zero-order chi connectivity index (χ0) is 8.27. The lowest BCUT2D eigenvalue weighted by Gasteiger charge is -2.33. The Balaban J connectivity index is 2.44. The van der Waals surface area contributed by atoms with Gasteiger partial charge in [-0.1, -0.05) is 42.6 Å². The standard InChI is InChI=1S/C10H19Br/c1-8(2)10-6-4-3-5-9(10)7-11/h8-10H,3-7H2,1-2H3. The molecule has 0 bridgehead atoms. The van der Waals surface area contributed by atoms with Crippen LogP contribution in [0, 0.1) is 17.8 Å². The van der Waals surface area contributed by atoms with Gasteiger partial charge in [0, 0.05) is 5.33 Å². The van der Waals surface area contributed by atoms with Crippen molar-refractivity contribution in [2.24, 2.45) is 17.8 Å². The summed E-state index contributed by atoms with van der Waals surface area (Å²) in [5.41, 5.74) is 0. The Hall–Kier alpha value is 0.480. The Morgan fingerprint density at radius 3 is 2.36 bits per heavy atom. The molecule has 2 unspecified atom stereocenters. The summed E-state index contributed by atoms with van der Waals surface area (Å²) in [4.78, 5) is 0. The zero-order valence-corrected chi connectivity index (χ0v) is 9.23. The van der Waals surface area contributed by atoms with Gasteiger partial charge in [-0.2, -0.15) is 0 Å². The van der Waals surface area contributed by atoms with Crippen LogP contribution in [-0.2, 0) is 0 Å². The van der Waals surface area contributed by atoms with Crippen molar-refractivity contribution in [3.8, 4) is 0 Å². The van der Waals surface area contributed by atoms with Gasteiger partial charge in [0.05, 0.1) is 0 Å². The highest BCUT2D eigenvalue weighted by molar-refractivity contribution is 9.09. The molecule has 0 radical (unpaired) electrons. The fourth-order valence-corrected chi connectivity index (χ4v) is 3.11. The van der Waals surface area contributed by atoms with Gasteiger partial charge in [0.25, 0.3) is 0 Å². The van der Waals surface area contributed by atoms with Crippen molar-refractivity contribution < 1.29 is 0 Å². The van der Waals surface area contributed by atoms with Crippen LogP contribution in [0.4, 0.5) is 0 Å². The summed E-state index contributed by atoms with van der Waals surface area (Å²) < 4.78 is 0. The van der Waals surface area contributed by atoms with Crippen molar-refractivity contribution >= 4 is 15.9 Å². The summed E-state index contributed by atoms with van der Waals surface area (Å²) >= 11 is 3.62. The molecule has 0 N–H and O–H groups in total. The Morgan fingerprint density at radius 2 is 1.91 bits per heavy atom. The first-order valence-corrected chi connectivity index (χ1v) is 5.93. The van der Waals surface area contributed by atoms with E-state index in [1.165, 1.54) is 31.0 Å². The molecule has 1 rings (SSSR count). The molecule has 0 nitrogen and oxygen atoms in total. The molecule has 11 heavy (non-hydrogen) atoms. The van der Waals surface area contributed by atoms with Gasteiger partial charge >= 0.3 is 0 Å². The monoisotopic (exact) mass is 218 g/mol. The maximum Gasteiger partial charge on any atom is 0.00624 e. The molecule has 2 atom stereocenters. The fourth-order valence-electron chi connectivity index (χ4n) is 2.31. The summed E-state index contributed by atoms with van der Waals surface area (Å²) in [7, 11) is 0. The summed E-state index contributed by atoms with van der Waals surface area (Å²) in [6, 6.07) is 0. The van der Waals surface area contributed by atoms with E-state index in [1.54, 1.807) is 0 Å². The molecule has 0 aromatic carbocycles. The predicted octanol–water partition coefficient (Wildman–Crippen LogP) is 3.84. The molecule has 66 valence electrons. The molecule has 0 amide bonds. The molecule has 1 fully saturated rings. The Kier molecular flexibility index (Phi) is 3.91. The molecule has 0 heterocycles. The van der Waals surface area contributed by atoms with Gasteiger partial charge in [0.15, 0.2) is 0 Å². The lowest BCUT2D eigenvalue weighted by atomic mass is 9.74. The van der Waals surface area contributed by atoms with E-state index in [0.29, 0.717) is 0 Å². The summed E-state index contributed by atoms with van der Waals surface area (Å²) in [6.07, 6.45) is 5.84. The lowest BCUT2D eigenvalue weighted by Crippen LogP contribution is -2.24. The average molecular weight is 219 g/mol. The second kappa shape index (κ2) is 4.49. The highest BCUT2D eigenvalue weighted by atomic mass is 79.9. The molecule has 1 aliphatic carbocycles. The second-order valence-corrected chi connectivity index (χ2v) is 4.75. The van der Waals surface area contributed by atoms with E-state index in [-0.39, 0.29) is 0 Å². The Labute approximate surface area is 78.9 Å². The third-order valence-electron chi connectivity index (χ3n) is 3.02. The summed E-state index contributed by atoms with van der Waals surface area (Å²) in [6.45, 7) is 4.73. The lowest BCUT2D eigenvalue weighted by molar-refractivity contribution is 0.200. The maximum absolute atomic E-state index is 3.62. The Bertz CT molecular complexity index is 109. The van der Waals surface area contributed by atoms with Crippen LogP contribution in [0.5, 0.6) is 0 Å². The van der Waals surface area contributed by atoms with E-state index >= 15 is 0 Å². The van der Waals surface area contributed by atoms with E-state index in [9.17, 15) is 0 Å². The molecule has 1 heteroatoms. The number of alkyl halides is 1. The van der Waals surface area contributed by atoms with Crippen molar-refractivity contribution in [2.75, 3.05) is 5.33 Å². The van der Waals surface area contributed by atoms with Gasteiger partial charge in [0.1, 0.15) is 0 Å². The van der Waals surface area contributed by atoms with Crippen molar-refractivity contribution in [1.29, 1.82) is 0 Å². The topological polar surface area (TPSA) is 0 Å². The first-order valence-electron chi connectivity index (χ1n) is 4.81. The third-order valence-corrected chi connectivity index (χ3v) is 3.85. The molecule has 1 aliphatic rings. The molecular formula is C10H19Br. The largest absolute Gasteiger partial charge is 0.0925 e. The molecule has 0 spiro atoms. The van der Waals surface area contributed by atoms with E-state index in [2.05, 4.69) is 29.8 Å². The normalized spacial score (nSPS) is 32.7. The highest BCUT2D eigenvalue weighted by Gasteiger charge is 2.26. The van der Waals surface area contributed by atoms with Gasteiger partial charge in [0.2, 0.25) is 0 Å². The van der Waals surface area contributed by atoms with E-state index in [4.69, 9.17) is 0 Å². The first-order chi connectivity index (χ1) is 5.25. The third kappa shape index (κ3) is 2.47. The van der Waals surface area contributed by atoms with Crippen LogP contribution in [0.1, 0.15) is 39.5 Å². The van der Waals surface area contributed by atoms with Crippen LogP contribution in [0.2, 0.25) is 0 Å². The minimum absolute atomic E-state index is 0.887. The van der Waals surface area contributed by atoms with Crippen molar-refractivity contribution in [1.82, 2.24) is 0 Å². The molecule has 0 aromatic rings. The maximum atomic E-state index is 3.62. The number of hydrogen-bond acceptors (Lipinski definition) is 0. The molecule has 0 aromatic heterocycles. The number of hydrogen-bond donors (Lipinski definition) is 0. The molecule has 1 saturated carbocycles. The van der Waals surface area contributed by atoms with Gasteiger partial charge in [-0.3, -0.25) is 0 Å². The summed E-state index contributed by atoms with van der Waals surface area (Å²) in [5, 5.41) is 1.22. The number of halogens is 1. The van der Waals surface area contributed by atoms with Crippen molar-refractivity contribution in [3.63, 3.8) is 0 Å². The van der Waals surface area contributed by atoms with Crippen LogP contribution in [0.3, 0.4) is 0 Å². The minimum atomic E-state index is 0.887. The van der Waals surface area contributed by atoms with Crippen LogP contribution in [0.25, 0.3) is 0 Å². The van der Waals surface area contributed by atoms with Gasteiger partial charge in [-0.25, -0.2) is 0 Å². The van der Waals surface area contributed by atoms with Crippen LogP contribution < -0.4 is 0 Å². The predicted molar refractivity (Wildman–Crippen MR) is 54.1 cm³/mol. The molecular weight excluding hydrogens is 200 g/mol. The van der Waals surface area contributed by atoms with Crippen LogP contribution in [-0.4, -0.2) is 5.33 Å². The van der Waals surface area contributed by atoms with Crippen LogP contribution in [0.15, 0.2) is 0 Å². The minimum Gasteiger partial charge on any atom is -0.0925 e. The van der Waals surface area contributed by atoms with E-state index in [0.717, 1.165) is 17.8 Å². The smallest absolute Gasteiger partial charge is 0.00624 e. The fraction of sp³-hybridized carbons (Fsp3) is 1.00. The first kappa shape index (κ1) is 9.57. The molecule has 0 saturated heterocycles. The van der Waals surface area contributed by atoms with E-state index < -0.39 is 0 Å².